The zero-order valence-corrected chi connectivity index (χ0v) is 15.5. The predicted molar refractivity (Wildman–Crippen MR) is 98.5 cm³/mol. The molecule has 150 valence electrons. The van der Waals surface area contributed by atoms with Crippen molar-refractivity contribution in [2.24, 2.45) is 0 Å². The third kappa shape index (κ3) is 5.31. The summed E-state index contributed by atoms with van der Waals surface area (Å²) in [6, 6.07) is 12.8. The number of piperazine rings is 1. The molecule has 1 aliphatic rings. The van der Waals surface area contributed by atoms with Gasteiger partial charge in [-0.05, 0) is 48.3 Å². The summed E-state index contributed by atoms with van der Waals surface area (Å²) < 4.78 is 42.7. The summed E-state index contributed by atoms with van der Waals surface area (Å²) in [6.45, 7) is 2.75. The molecule has 10 heteroatoms. The van der Waals surface area contributed by atoms with Gasteiger partial charge < -0.3 is 9.64 Å². The second kappa shape index (κ2) is 8.72. The number of anilines is 1. The molecule has 0 bridgehead atoms. The van der Waals surface area contributed by atoms with Crippen LogP contribution in [-0.4, -0.2) is 48.0 Å². The highest BCUT2D eigenvalue weighted by molar-refractivity contribution is 7.97. The Bertz CT molecular complexity index is 810. The maximum absolute atomic E-state index is 12.2. The normalized spacial score (nSPS) is 15.4. The first kappa shape index (κ1) is 20.3. The molecule has 0 unspecified atom stereocenters. The number of carbonyl (C=O) groups excluding carboxylic acids is 1. The molecule has 6 nitrogen and oxygen atoms in total. The molecule has 2 aromatic rings. The quantitative estimate of drug-likeness (QED) is 0.444. The fourth-order valence-electron chi connectivity index (χ4n) is 2.83. The molecule has 0 atom stereocenters. The summed E-state index contributed by atoms with van der Waals surface area (Å²) in [6.07, 6.45) is -4.70. The van der Waals surface area contributed by atoms with Crippen LogP contribution in [0.4, 0.5) is 18.9 Å². The zero-order chi connectivity index (χ0) is 20.1. The Labute approximate surface area is 164 Å². The third-order valence-electron chi connectivity index (χ3n) is 4.13. The van der Waals surface area contributed by atoms with E-state index >= 15 is 0 Å². The summed E-state index contributed by atoms with van der Waals surface area (Å²) in [5.41, 5.74) is 2.85. The minimum Gasteiger partial charge on any atom is -0.406 e. The number of carbonyl (C=O) groups is 1. The average molecular weight is 413 g/mol. The molecular weight excluding hydrogens is 395 g/mol. The lowest BCUT2D eigenvalue weighted by Crippen LogP contribution is -2.43. The average Bonchev–Trinajstić information content (AvgIpc) is 2.68. The van der Waals surface area contributed by atoms with Crippen LogP contribution in [0.2, 0.25) is 0 Å². The highest BCUT2D eigenvalue weighted by Gasteiger charge is 2.31. The lowest BCUT2D eigenvalue weighted by atomic mass is 10.2. The van der Waals surface area contributed by atoms with Gasteiger partial charge in [0.25, 0.3) is 5.91 Å². The van der Waals surface area contributed by atoms with Crippen LogP contribution in [0, 0.1) is 0 Å². The third-order valence-corrected chi connectivity index (χ3v) is 5.31. The molecule has 1 heterocycles. The van der Waals surface area contributed by atoms with Gasteiger partial charge >= 0.3 is 6.36 Å². The minimum absolute atomic E-state index is 0.246. The van der Waals surface area contributed by atoms with Crippen molar-refractivity contribution in [1.29, 1.82) is 0 Å². The minimum atomic E-state index is -4.70. The topological polar surface area (TPSA) is 65.0 Å². The maximum atomic E-state index is 12.2. The van der Waals surface area contributed by atoms with Gasteiger partial charge in [0.15, 0.2) is 0 Å². The molecule has 1 fully saturated rings. The summed E-state index contributed by atoms with van der Waals surface area (Å²) in [5.74, 6) is -0.813. The molecule has 2 N–H and O–H groups in total. The van der Waals surface area contributed by atoms with Gasteiger partial charge in [-0.2, -0.15) is 0 Å². The van der Waals surface area contributed by atoms with Gasteiger partial charge in [-0.25, -0.2) is 9.79 Å². The van der Waals surface area contributed by atoms with Crippen LogP contribution in [-0.2, 0) is 0 Å². The summed E-state index contributed by atoms with van der Waals surface area (Å²) >= 11 is 1.43. The van der Waals surface area contributed by atoms with Crippen LogP contribution < -0.4 is 15.1 Å². The van der Waals surface area contributed by atoms with Gasteiger partial charge in [-0.1, -0.05) is 12.1 Å². The van der Waals surface area contributed by atoms with Crippen LogP contribution in [0.25, 0.3) is 0 Å². The molecule has 2 aromatic carbocycles. The Morgan fingerprint density at radius 2 is 1.68 bits per heavy atom. The van der Waals surface area contributed by atoms with Crippen molar-refractivity contribution in [3.05, 3.63) is 54.1 Å². The van der Waals surface area contributed by atoms with Crippen LogP contribution in [0.1, 0.15) is 10.4 Å². The largest absolute Gasteiger partial charge is 0.573 e. The molecule has 0 aliphatic carbocycles. The molecule has 0 aromatic heterocycles. The Kier molecular flexibility index (Phi) is 6.32. The van der Waals surface area contributed by atoms with Crippen molar-refractivity contribution in [2.45, 2.75) is 11.3 Å². The first-order valence-corrected chi connectivity index (χ1v) is 9.20. The summed E-state index contributed by atoms with van der Waals surface area (Å²) in [7, 11) is 0. The lowest BCUT2D eigenvalue weighted by molar-refractivity contribution is -0.274. The van der Waals surface area contributed by atoms with Crippen molar-refractivity contribution in [1.82, 2.24) is 9.79 Å². The Morgan fingerprint density at radius 3 is 2.29 bits per heavy atom. The van der Waals surface area contributed by atoms with Crippen LogP contribution >= 0.6 is 11.9 Å². The van der Waals surface area contributed by atoms with E-state index in [1.807, 2.05) is 6.07 Å². The van der Waals surface area contributed by atoms with Crippen molar-refractivity contribution in [3.8, 4) is 5.75 Å². The van der Waals surface area contributed by atoms with E-state index in [1.165, 1.54) is 24.1 Å². The van der Waals surface area contributed by atoms with Crippen molar-refractivity contribution >= 4 is 23.5 Å². The van der Waals surface area contributed by atoms with Gasteiger partial charge in [0.05, 0.1) is 5.56 Å². The number of alkyl halides is 3. The van der Waals surface area contributed by atoms with Crippen molar-refractivity contribution in [3.63, 3.8) is 0 Å². The van der Waals surface area contributed by atoms with Gasteiger partial charge in [0.1, 0.15) is 5.75 Å². The van der Waals surface area contributed by atoms with Crippen molar-refractivity contribution < 1.29 is 27.9 Å². The molecule has 0 spiro atoms. The van der Waals surface area contributed by atoms with E-state index in [-0.39, 0.29) is 5.75 Å². The second-order valence-electron chi connectivity index (χ2n) is 5.99. The first-order chi connectivity index (χ1) is 13.4. The Morgan fingerprint density at radius 1 is 1.04 bits per heavy atom. The molecule has 1 amide bonds. The number of rotatable bonds is 5. The number of benzene rings is 2. The van der Waals surface area contributed by atoms with E-state index in [1.54, 1.807) is 35.8 Å². The highest BCUT2D eigenvalue weighted by atomic mass is 32.2. The van der Waals surface area contributed by atoms with E-state index in [4.69, 9.17) is 5.21 Å². The first-order valence-electron chi connectivity index (χ1n) is 8.43. The Hall–Kier alpha value is -2.43. The number of hydroxylamine groups is 1. The van der Waals surface area contributed by atoms with E-state index < -0.39 is 12.3 Å². The van der Waals surface area contributed by atoms with E-state index in [9.17, 15) is 18.0 Å². The number of nitrogens with one attached hydrogen (secondary N) is 1. The maximum Gasteiger partial charge on any atom is 0.573 e. The number of hydrogen-bond donors (Lipinski definition) is 2. The smallest absolute Gasteiger partial charge is 0.406 e. The molecule has 0 saturated carbocycles. The molecule has 28 heavy (non-hydrogen) atoms. The number of ether oxygens (including phenoxy) is 1. The van der Waals surface area contributed by atoms with Crippen LogP contribution in [0.5, 0.6) is 5.75 Å². The molecule has 0 radical (unpaired) electrons. The highest BCUT2D eigenvalue weighted by Crippen LogP contribution is 2.29. The molecule has 3 rings (SSSR count). The van der Waals surface area contributed by atoms with Gasteiger partial charge in [0.2, 0.25) is 0 Å². The summed E-state index contributed by atoms with van der Waals surface area (Å²) in [4.78, 5) is 14.5. The fraction of sp³-hybridized carbons (Fsp3) is 0.278. The molecule has 1 aliphatic heterocycles. The van der Waals surface area contributed by atoms with E-state index in [2.05, 4.69) is 13.9 Å². The monoisotopic (exact) mass is 413 g/mol. The Balaban J connectivity index is 1.57. The van der Waals surface area contributed by atoms with Gasteiger partial charge in [0, 0.05) is 36.8 Å². The number of halogens is 3. The van der Waals surface area contributed by atoms with E-state index in [0.717, 1.165) is 10.6 Å². The summed E-state index contributed by atoms with van der Waals surface area (Å²) in [5, 5.41) is 8.86. The molecule has 1 saturated heterocycles. The van der Waals surface area contributed by atoms with Crippen LogP contribution in [0.3, 0.4) is 0 Å². The zero-order valence-electron chi connectivity index (χ0n) is 14.6. The number of amides is 1. The standard InChI is InChI=1S/C18H18F3N3O3S/c19-18(20,21)27-14-7-5-13(6-8-14)23-9-11-24(12-10-23)28-16-4-2-1-3-15(16)17(25)22-26/h1-8,26H,9-12H2,(H,22,25). The lowest BCUT2D eigenvalue weighted by Gasteiger charge is -2.35. The fourth-order valence-corrected chi connectivity index (χ4v) is 3.85. The second-order valence-corrected chi connectivity index (χ2v) is 7.12. The van der Waals surface area contributed by atoms with E-state index in [0.29, 0.717) is 31.7 Å². The predicted octanol–water partition coefficient (Wildman–Crippen LogP) is 3.53. The number of nitrogens with zero attached hydrogens (tertiary/aromatic N) is 2. The van der Waals surface area contributed by atoms with Crippen molar-refractivity contribution in [2.75, 3.05) is 31.1 Å². The number of hydrogen-bond acceptors (Lipinski definition) is 6. The SMILES string of the molecule is O=C(NO)c1ccccc1SN1CCN(c2ccc(OC(F)(F)F)cc2)CC1. The van der Waals surface area contributed by atoms with Gasteiger partial charge in [-0.3, -0.25) is 10.0 Å². The molecular formula is C18H18F3N3O3S. The van der Waals surface area contributed by atoms with Gasteiger partial charge in [-0.15, -0.1) is 13.2 Å². The van der Waals surface area contributed by atoms with Crippen LogP contribution in [0.15, 0.2) is 53.4 Å².